The molecular formula is C11H3Cl3F6N2O2S. The van der Waals surface area contributed by atoms with E-state index < -0.39 is 52.9 Å². The number of halogens is 9. The quantitative estimate of drug-likeness (QED) is 0.599. The largest absolute Gasteiger partial charge is 0.502 e. The Balaban J connectivity index is 2.67. The molecule has 2 rings (SSSR count). The van der Waals surface area contributed by atoms with Gasteiger partial charge in [-0.3, -0.25) is 0 Å². The Bertz CT molecular complexity index is 913. The zero-order chi connectivity index (χ0) is 19.4. The zero-order valence-electron chi connectivity index (χ0n) is 11.3. The molecule has 0 aliphatic rings. The predicted molar refractivity (Wildman–Crippen MR) is 76.8 cm³/mol. The van der Waals surface area contributed by atoms with Gasteiger partial charge in [0.1, 0.15) is 10.6 Å². The summed E-state index contributed by atoms with van der Waals surface area (Å²) in [5.74, 6) is 0. The van der Waals surface area contributed by atoms with Crippen molar-refractivity contribution in [3.05, 3.63) is 39.1 Å². The van der Waals surface area contributed by atoms with Crippen molar-refractivity contribution in [2.24, 2.45) is 0 Å². The fourth-order valence-electron chi connectivity index (χ4n) is 1.71. The van der Waals surface area contributed by atoms with Crippen LogP contribution in [0, 0.1) is 0 Å². The zero-order valence-corrected chi connectivity index (χ0v) is 14.3. The molecule has 1 aromatic heterocycles. The van der Waals surface area contributed by atoms with Crippen LogP contribution in [0.3, 0.4) is 0 Å². The summed E-state index contributed by atoms with van der Waals surface area (Å²) in [6, 6.07) is 0.886. The first-order valence-corrected chi connectivity index (χ1v) is 8.41. The third-order valence-corrected chi connectivity index (χ3v) is 5.37. The highest BCUT2D eigenvalue weighted by Gasteiger charge is 2.49. The lowest BCUT2D eigenvalue weighted by Crippen LogP contribution is -2.23. The molecule has 0 unspecified atom stereocenters. The molecule has 0 aliphatic heterocycles. The van der Waals surface area contributed by atoms with Crippen molar-refractivity contribution in [1.82, 2.24) is 9.78 Å². The van der Waals surface area contributed by atoms with Gasteiger partial charge in [-0.2, -0.15) is 31.4 Å². The van der Waals surface area contributed by atoms with Crippen LogP contribution in [0.5, 0.6) is 0 Å². The highest BCUT2D eigenvalue weighted by molar-refractivity contribution is 7.92. The first-order chi connectivity index (χ1) is 11.2. The van der Waals surface area contributed by atoms with Crippen LogP contribution in [-0.4, -0.2) is 23.7 Å². The molecule has 0 saturated heterocycles. The molecule has 0 spiro atoms. The van der Waals surface area contributed by atoms with Crippen molar-refractivity contribution < 1.29 is 34.8 Å². The molecule has 0 amide bonds. The van der Waals surface area contributed by atoms with Gasteiger partial charge in [0, 0.05) is 0 Å². The van der Waals surface area contributed by atoms with Crippen molar-refractivity contribution in [2.45, 2.75) is 16.6 Å². The number of nitrogens with zero attached hydrogens (tertiary/aromatic N) is 2. The van der Waals surface area contributed by atoms with Crippen molar-refractivity contribution in [2.75, 3.05) is 0 Å². The van der Waals surface area contributed by atoms with Crippen LogP contribution >= 0.6 is 34.8 Å². The van der Waals surface area contributed by atoms with Gasteiger partial charge >= 0.3 is 11.7 Å². The summed E-state index contributed by atoms with van der Waals surface area (Å²) < 4.78 is 99.0. The molecule has 1 aromatic carbocycles. The maximum absolute atomic E-state index is 12.7. The lowest BCUT2D eigenvalue weighted by Gasteiger charge is -2.13. The van der Waals surface area contributed by atoms with Crippen molar-refractivity contribution in [3.8, 4) is 5.69 Å². The third kappa shape index (κ3) is 3.55. The van der Waals surface area contributed by atoms with Crippen molar-refractivity contribution in [1.29, 1.82) is 0 Å². The highest BCUT2D eigenvalue weighted by atomic mass is 35.5. The summed E-state index contributed by atoms with van der Waals surface area (Å²) in [5, 5.41) is 0.990. The van der Waals surface area contributed by atoms with Crippen LogP contribution in [0.1, 0.15) is 5.56 Å². The van der Waals surface area contributed by atoms with Gasteiger partial charge < -0.3 is 0 Å². The predicted octanol–water partition coefficient (Wildman–Crippen LogP) is 5.14. The monoisotopic (exact) mass is 446 g/mol. The first-order valence-electron chi connectivity index (χ1n) is 5.79. The SMILES string of the molecule is O=S(=O)(c1cnn(-c2c(Cl)cc(C(F)(F)F)cc2Cl)c1Cl)C(F)(F)F. The van der Waals surface area contributed by atoms with Crippen LogP contribution in [0.15, 0.2) is 23.2 Å². The van der Waals surface area contributed by atoms with E-state index in [1.807, 2.05) is 0 Å². The second-order valence-corrected chi connectivity index (χ2v) is 7.53. The molecule has 0 aliphatic carbocycles. The van der Waals surface area contributed by atoms with E-state index in [2.05, 4.69) is 5.10 Å². The van der Waals surface area contributed by atoms with Crippen molar-refractivity contribution in [3.63, 3.8) is 0 Å². The van der Waals surface area contributed by atoms with Crippen LogP contribution in [-0.2, 0) is 16.0 Å². The summed E-state index contributed by atoms with van der Waals surface area (Å²) in [6.07, 6.45) is -4.50. The Kier molecular flexibility index (Phi) is 5.01. The highest BCUT2D eigenvalue weighted by Crippen LogP contribution is 2.40. The summed E-state index contributed by atoms with van der Waals surface area (Å²) in [4.78, 5) is -1.39. The molecule has 138 valence electrons. The molecule has 2 aromatic rings. The molecule has 25 heavy (non-hydrogen) atoms. The van der Waals surface area contributed by atoms with E-state index in [-0.39, 0.29) is 6.20 Å². The average Bonchev–Trinajstić information content (AvgIpc) is 2.78. The first kappa shape index (κ1) is 20.1. The lowest BCUT2D eigenvalue weighted by molar-refractivity contribution is -0.137. The van der Waals surface area contributed by atoms with Crippen LogP contribution in [0.4, 0.5) is 26.3 Å². The fraction of sp³-hybridized carbons (Fsp3) is 0.182. The van der Waals surface area contributed by atoms with Gasteiger partial charge in [-0.15, -0.1) is 0 Å². The van der Waals surface area contributed by atoms with E-state index in [1.165, 1.54) is 0 Å². The van der Waals surface area contributed by atoms with Crippen molar-refractivity contribution >= 4 is 44.6 Å². The number of aromatic nitrogens is 2. The van der Waals surface area contributed by atoms with E-state index in [9.17, 15) is 34.8 Å². The van der Waals surface area contributed by atoms with Crippen LogP contribution in [0.25, 0.3) is 5.69 Å². The molecule has 0 N–H and O–H groups in total. The molecular weight excluding hydrogens is 445 g/mol. The number of sulfone groups is 1. The molecule has 1 heterocycles. The minimum Gasteiger partial charge on any atom is -0.218 e. The number of benzene rings is 1. The van der Waals surface area contributed by atoms with Gasteiger partial charge in [-0.1, -0.05) is 34.8 Å². The minimum atomic E-state index is -5.83. The Morgan fingerprint density at radius 1 is 0.960 bits per heavy atom. The van der Waals surface area contributed by atoms with E-state index >= 15 is 0 Å². The summed E-state index contributed by atoms with van der Waals surface area (Å²) in [7, 11) is -5.83. The number of hydrogen-bond donors (Lipinski definition) is 0. The molecule has 4 nitrogen and oxygen atoms in total. The van der Waals surface area contributed by atoms with Gasteiger partial charge in [0.25, 0.3) is 9.84 Å². The lowest BCUT2D eigenvalue weighted by atomic mass is 10.2. The smallest absolute Gasteiger partial charge is 0.218 e. The van der Waals surface area contributed by atoms with Gasteiger partial charge in [0.15, 0.2) is 5.15 Å². The van der Waals surface area contributed by atoms with Gasteiger partial charge in [0.05, 0.1) is 21.8 Å². The fourth-order valence-corrected chi connectivity index (χ4v) is 3.58. The standard InChI is InChI=1S/C11H3Cl3F6N2O2S/c12-5-1-4(10(15,16)17)2-6(13)8(5)22-9(14)7(3-21-22)25(23,24)11(18,19)20/h1-3H. The second-order valence-electron chi connectivity index (χ2n) is 4.45. The second kappa shape index (κ2) is 6.22. The maximum Gasteiger partial charge on any atom is 0.502 e. The molecule has 0 atom stereocenters. The Labute approximate surface area is 150 Å². The summed E-state index contributed by atoms with van der Waals surface area (Å²) in [5.41, 5.74) is -7.39. The third-order valence-electron chi connectivity index (χ3n) is 2.83. The number of rotatable bonds is 2. The molecule has 0 fully saturated rings. The van der Waals surface area contributed by atoms with E-state index in [0.29, 0.717) is 16.8 Å². The van der Waals surface area contributed by atoms with E-state index in [0.717, 1.165) is 0 Å². The minimum absolute atomic E-state index is 0.287. The molecule has 0 radical (unpaired) electrons. The van der Waals surface area contributed by atoms with Gasteiger partial charge in [-0.05, 0) is 12.1 Å². The Morgan fingerprint density at radius 3 is 1.84 bits per heavy atom. The van der Waals surface area contributed by atoms with Gasteiger partial charge in [-0.25, -0.2) is 13.1 Å². The summed E-state index contributed by atoms with van der Waals surface area (Å²) >= 11 is 17.0. The topological polar surface area (TPSA) is 52.0 Å². The number of alkyl halides is 6. The van der Waals surface area contributed by atoms with Gasteiger partial charge in [0.2, 0.25) is 0 Å². The molecule has 0 saturated carbocycles. The molecule has 0 bridgehead atoms. The van der Waals surface area contributed by atoms with E-state index in [4.69, 9.17) is 34.8 Å². The average molecular weight is 448 g/mol. The normalized spacial score (nSPS) is 13.3. The van der Waals surface area contributed by atoms with Crippen LogP contribution < -0.4 is 0 Å². The molecule has 14 heteroatoms. The number of hydrogen-bond acceptors (Lipinski definition) is 3. The van der Waals surface area contributed by atoms with Crippen LogP contribution in [0.2, 0.25) is 15.2 Å². The Hall–Kier alpha value is -1.17. The van der Waals surface area contributed by atoms with E-state index in [1.54, 1.807) is 0 Å². The summed E-state index contributed by atoms with van der Waals surface area (Å²) in [6.45, 7) is 0. The Morgan fingerprint density at radius 2 is 1.44 bits per heavy atom. The maximum atomic E-state index is 12.7.